The monoisotopic (exact) mass is 268 g/mol. The maximum Gasteiger partial charge on any atom is 0.234 e. The van der Waals surface area contributed by atoms with Crippen molar-refractivity contribution in [3.8, 4) is 0 Å². The Balaban J connectivity index is 2.41. The van der Waals surface area contributed by atoms with Gasteiger partial charge in [0.05, 0.1) is 5.69 Å². The minimum atomic E-state index is 0.743. The van der Waals surface area contributed by atoms with E-state index in [1.807, 2.05) is 24.6 Å². The molecule has 0 bridgehead atoms. The van der Waals surface area contributed by atoms with Crippen LogP contribution in [-0.2, 0) is 6.42 Å². The molecule has 0 saturated heterocycles. The molecule has 1 N–H and O–H groups in total. The van der Waals surface area contributed by atoms with Gasteiger partial charge in [0, 0.05) is 12.4 Å². The molecule has 0 radical (unpaired) electrons. The summed E-state index contributed by atoms with van der Waals surface area (Å²) in [6, 6.07) is 0. The third kappa shape index (κ3) is 2.03. The maximum absolute atomic E-state index is 4.32. The normalized spacial score (nSPS) is 11.1. The van der Waals surface area contributed by atoms with E-state index < -0.39 is 0 Å². The molecule has 0 spiro atoms. The van der Waals surface area contributed by atoms with Gasteiger partial charge in [-0.25, -0.2) is 9.97 Å². The molecule has 0 aliphatic rings. The zero-order valence-electron chi connectivity index (χ0n) is 8.79. The van der Waals surface area contributed by atoms with Crippen molar-refractivity contribution in [1.82, 2.24) is 19.7 Å². The largest absolute Gasteiger partial charge is 0.319 e. The average molecular weight is 269 g/mol. The summed E-state index contributed by atoms with van der Waals surface area (Å²) < 4.78 is 2.96. The first-order chi connectivity index (χ1) is 7.22. The van der Waals surface area contributed by atoms with Crippen molar-refractivity contribution in [2.45, 2.75) is 13.3 Å². The van der Waals surface area contributed by atoms with Crippen molar-refractivity contribution in [1.29, 1.82) is 0 Å². The first-order valence-corrected chi connectivity index (χ1v) is 5.65. The van der Waals surface area contributed by atoms with E-state index in [1.54, 1.807) is 0 Å². The molecule has 2 aromatic heterocycles. The molecule has 0 fully saturated rings. The summed E-state index contributed by atoms with van der Waals surface area (Å²) in [5, 5.41) is 3.12. The molecule has 2 rings (SSSR count). The third-order valence-electron chi connectivity index (χ3n) is 2.30. The average Bonchev–Trinajstić information content (AvgIpc) is 2.52. The first kappa shape index (κ1) is 10.6. The number of aryl methyl sites for hydroxylation is 1. The van der Waals surface area contributed by atoms with Gasteiger partial charge in [-0.05, 0) is 48.4 Å². The first-order valence-electron chi connectivity index (χ1n) is 4.86. The molecule has 2 heterocycles. The number of halogens is 1. The minimum absolute atomic E-state index is 0.743. The number of nitrogens with one attached hydrogen (secondary N) is 1. The molecule has 4 nitrogen and oxygen atoms in total. The Bertz CT molecular complexity index is 477. The summed E-state index contributed by atoms with van der Waals surface area (Å²) in [5.41, 5.74) is 2.17. The quantitative estimate of drug-likeness (QED) is 0.919. The second-order valence-corrected chi connectivity index (χ2v) is 4.22. The summed E-state index contributed by atoms with van der Waals surface area (Å²) in [4.78, 5) is 8.63. The summed E-state index contributed by atoms with van der Waals surface area (Å²) in [7, 11) is 1.95. The second kappa shape index (κ2) is 4.28. The van der Waals surface area contributed by atoms with E-state index in [0.717, 1.165) is 29.0 Å². The number of hydrogen-bond acceptors (Lipinski definition) is 3. The Morgan fingerprint density at radius 2 is 2.33 bits per heavy atom. The fourth-order valence-electron chi connectivity index (χ4n) is 1.46. The topological polar surface area (TPSA) is 42.2 Å². The van der Waals surface area contributed by atoms with Gasteiger partial charge in [0.15, 0.2) is 0 Å². The van der Waals surface area contributed by atoms with Gasteiger partial charge in [-0.2, -0.15) is 0 Å². The molecule has 0 aliphatic carbocycles. The Labute approximate surface area is 96.9 Å². The van der Waals surface area contributed by atoms with E-state index in [4.69, 9.17) is 0 Å². The lowest BCUT2D eigenvalue weighted by Crippen LogP contribution is -2.10. The van der Waals surface area contributed by atoms with Gasteiger partial charge < -0.3 is 5.32 Å². The Morgan fingerprint density at radius 1 is 1.53 bits per heavy atom. The molecule has 0 aromatic carbocycles. The van der Waals surface area contributed by atoms with Crippen LogP contribution in [0.1, 0.15) is 11.3 Å². The van der Waals surface area contributed by atoms with Crippen LogP contribution in [0.3, 0.4) is 0 Å². The fourth-order valence-corrected chi connectivity index (χ4v) is 1.81. The van der Waals surface area contributed by atoms with Crippen LogP contribution in [0.5, 0.6) is 0 Å². The standard InChI is InChI=1S/C10H13BrN4/c1-7-9(11)15-6-8(3-4-12-2)5-13-10(15)14-7/h5-6,12H,3-4H2,1-2H3. The van der Waals surface area contributed by atoms with E-state index in [-0.39, 0.29) is 0 Å². The van der Waals surface area contributed by atoms with E-state index in [9.17, 15) is 0 Å². The van der Waals surface area contributed by atoms with Gasteiger partial charge in [0.2, 0.25) is 5.78 Å². The van der Waals surface area contributed by atoms with Gasteiger partial charge in [-0.3, -0.25) is 4.40 Å². The van der Waals surface area contributed by atoms with E-state index in [1.165, 1.54) is 5.56 Å². The number of hydrogen-bond donors (Lipinski definition) is 1. The highest BCUT2D eigenvalue weighted by atomic mass is 79.9. The fraction of sp³-hybridized carbons (Fsp3) is 0.400. The third-order valence-corrected chi connectivity index (χ3v) is 3.25. The van der Waals surface area contributed by atoms with E-state index >= 15 is 0 Å². The molecular weight excluding hydrogens is 256 g/mol. The SMILES string of the molecule is CNCCc1cnc2nc(C)c(Br)n2c1. The summed E-state index contributed by atoms with van der Waals surface area (Å²) in [5.74, 6) is 0.743. The van der Waals surface area contributed by atoms with E-state index in [2.05, 4.69) is 37.4 Å². The molecule has 5 heteroatoms. The van der Waals surface area contributed by atoms with Crippen molar-refractivity contribution < 1.29 is 0 Å². The Hall–Kier alpha value is -0.940. The minimum Gasteiger partial charge on any atom is -0.319 e. The summed E-state index contributed by atoms with van der Waals surface area (Å²) in [6.45, 7) is 2.92. The van der Waals surface area contributed by atoms with Gasteiger partial charge in [0.1, 0.15) is 4.60 Å². The van der Waals surface area contributed by atoms with Gasteiger partial charge >= 0.3 is 0 Å². The molecular formula is C10H13BrN4. The van der Waals surface area contributed by atoms with Crippen LogP contribution >= 0.6 is 15.9 Å². The number of nitrogens with zero attached hydrogens (tertiary/aromatic N) is 3. The number of rotatable bonds is 3. The lowest BCUT2D eigenvalue weighted by atomic mass is 10.2. The highest BCUT2D eigenvalue weighted by Gasteiger charge is 2.06. The van der Waals surface area contributed by atoms with Crippen LogP contribution in [-0.4, -0.2) is 28.0 Å². The summed E-state index contributed by atoms with van der Waals surface area (Å²) in [6.07, 6.45) is 4.93. The molecule has 0 unspecified atom stereocenters. The lowest BCUT2D eigenvalue weighted by molar-refractivity contribution is 0.784. The van der Waals surface area contributed by atoms with Crippen molar-refractivity contribution in [2.75, 3.05) is 13.6 Å². The predicted molar refractivity (Wildman–Crippen MR) is 63.1 cm³/mol. The number of fused-ring (bicyclic) bond motifs is 1. The second-order valence-electron chi connectivity index (χ2n) is 3.47. The highest BCUT2D eigenvalue weighted by molar-refractivity contribution is 9.10. The molecule has 80 valence electrons. The Morgan fingerprint density at radius 3 is 3.07 bits per heavy atom. The molecule has 2 aromatic rings. The van der Waals surface area contributed by atoms with E-state index in [0.29, 0.717) is 0 Å². The lowest BCUT2D eigenvalue weighted by Gasteiger charge is -2.01. The predicted octanol–water partition coefficient (Wildman–Crippen LogP) is 1.56. The highest BCUT2D eigenvalue weighted by Crippen LogP contribution is 2.17. The van der Waals surface area contributed by atoms with Crippen LogP contribution in [0.4, 0.5) is 0 Å². The van der Waals surface area contributed by atoms with Crippen LogP contribution in [0.25, 0.3) is 5.78 Å². The molecule has 15 heavy (non-hydrogen) atoms. The number of imidazole rings is 1. The molecule has 0 amide bonds. The van der Waals surface area contributed by atoms with Gasteiger partial charge in [0.25, 0.3) is 0 Å². The zero-order valence-corrected chi connectivity index (χ0v) is 10.4. The van der Waals surface area contributed by atoms with Gasteiger partial charge in [-0.15, -0.1) is 0 Å². The van der Waals surface area contributed by atoms with Crippen LogP contribution in [0.15, 0.2) is 17.0 Å². The van der Waals surface area contributed by atoms with Crippen molar-refractivity contribution in [3.05, 3.63) is 28.3 Å². The Kier molecular flexibility index (Phi) is 3.02. The number of aromatic nitrogens is 3. The van der Waals surface area contributed by atoms with Gasteiger partial charge in [-0.1, -0.05) is 0 Å². The van der Waals surface area contributed by atoms with Crippen LogP contribution < -0.4 is 5.32 Å². The van der Waals surface area contributed by atoms with Crippen molar-refractivity contribution in [2.24, 2.45) is 0 Å². The van der Waals surface area contributed by atoms with Crippen molar-refractivity contribution >= 4 is 21.7 Å². The van der Waals surface area contributed by atoms with Crippen LogP contribution in [0.2, 0.25) is 0 Å². The summed E-state index contributed by atoms with van der Waals surface area (Å²) >= 11 is 3.50. The maximum atomic E-state index is 4.32. The molecule has 0 atom stereocenters. The smallest absolute Gasteiger partial charge is 0.234 e. The number of likely N-dealkylation sites (N-methyl/N-ethyl adjacent to an activating group) is 1. The zero-order chi connectivity index (χ0) is 10.8. The van der Waals surface area contributed by atoms with Crippen LogP contribution in [0, 0.1) is 6.92 Å². The molecule has 0 saturated carbocycles. The molecule has 0 aliphatic heterocycles. The van der Waals surface area contributed by atoms with Crippen molar-refractivity contribution in [3.63, 3.8) is 0 Å².